The number of ether oxygens (including phenoxy) is 2. The average molecular weight is 358 g/mol. The minimum atomic E-state index is -0.206. The fourth-order valence-electron chi connectivity index (χ4n) is 3.80. The number of nitrogens with two attached hydrogens (primary N) is 1. The Morgan fingerprint density at radius 3 is 2.58 bits per heavy atom. The molecule has 0 bridgehead atoms. The summed E-state index contributed by atoms with van der Waals surface area (Å²) in [7, 11) is 3.30. The summed E-state index contributed by atoms with van der Waals surface area (Å²) in [6.07, 6.45) is 1.76. The van der Waals surface area contributed by atoms with Gasteiger partial charge in [-0.2, -0.15) is 0 Å². The molecule has 5 heteroatoms. The molecule has 3 rings (SSSR count). The summed E-state index contributed by atoms with van der Waals surface area (Å²) in [5.74, 6) is 1.25. The number of fused-ring (bicyclic) bond motifs is 1. The third-order valence-corrected chi connectivity index (χ3v) is 5.18. The minimum absolute atomic E-state index is 0.0132. The van der Waals surface area contributed by atoms with Crippen LogP contribution in [0.3, 0.4) is 0 Å². The van der Waals surface area contributed by atoms with Crippen molar-refractivity contribution in [1.29, 1.82) is 0 Å². The maximum absolute atomic E-state index is 13.6. The first kappa shape index (κ1) is 18.7. The summed E-state index contributed by atoms with van der Waals surface area (Å²) in [6.45, 7) is 3.64. The van der Waals surface area contributed by atoms with Crippen LogP contribution in [0, 0.1) is 5.82 Å². The van der Waals surface area contributed by atoms with Crippen LogP contribution in [0.4, 0.5) is 4.39 Å². The summed E-state index contributed by atoms with van der Waals surface area (Å²) in [4.78, 5) is 2.34. The van der Waals surface area contributed by atoms with Gasteiger partial charge in [0.25, 0.3) is 0 Å². The second kappa shape index (κ2) is 8.06. The number of rotatable bonds is 6. The first-order valence-corrected chi connectivity index (χ1v) is 9.06. The molecule has 140 valence electrons. The maximum Gasteiger partial charge on any atom is 0.161 e. The molecule has 0 saturated heterocycles. The highest BCUT2D eigenvalue weighted by Gasteiger charge is 2.32. The molecule has 2 N–H and O–H groups in total. The third kappa shape index (κ3) is 3.69. The van der Waals surface area contributed by atoms with E-state index in [2.05, 4.69) is 17.9 Å². The Bertz CT molecular complexity index is 766. The monoisotopic (exact) mass is 358 g/mol. The molecule has 0 fully saturated rings. The van der Waals surface area contributed by atoms with E-state index in [0.717, 1.165) is 30.7 Å². The van der Waals surface area contributed by atoms with Crippen LogP contribution in [0.1, 0.15) is 36.1 Å². The van der Waals surface area contributed by atoms with Crippen LogP contribution in [-0.4, -0.2) is 31.7 Å². The fraction of sp³-hybridized carbons (Fsp3) is 0.429. The third-order valence-electron chi connectivity index (χ3n) is 5.18. The summed E-state index contributed by atoms with van der Waals surface area (Å²) in [5.41, 5.74) is 9.89. The molecule has 1 heterocycles. The molecule has 0 radical (unpaired) electrons. The Kier molecular flexibility index (Phi) is 5.79. The van der Waals surface area contributed by atoms with Crippen LogP contribution in [0.15, 0.2) is 36.4 Å². The number of hydrogen-bond acceptors (Lipinski definition) is 4. The van der Waals surface area contributed by atoms with Crippen molar-refractivity contribution in [2.24, 2.45) is 5.73 Å². The van der Waals surface area contributed by atoms with Crippen molar-refractivity contribution in [1.82, 2.24) is 4.90 Å². The molecule has 2 atom stereocenters. The molecule has 2 aromatic rings. The zero-order valence-electron chi connectivity index (χ0n) is 15.7. The van der Waals surface area contributed by atoms with Gasteiger partial charge in [-0.3, -0.25) is 4.90 Å². The topological polar surface area (TPSA) is 47.7 Å². The number of benzene rings is 2. The second-order valence-corrected chi connectivity index (χ2v) is 6.77. The number of methoxy groups -OCH3 is 2. The van der Waals surface area contributed by atoms with Crippen molar-refractivity contribution in [3.05, 3.63) is 58.9 Å². The van der Waals surface area contributed by atoms with Gasteiger partial charge in [0.15, 0.2) is 11.5 Å². The predicted molar refractivity (Wildman–Crippen MR) is 101 cm³/mol. The maximum atomic E-state index is 13.6. The zero-order chi connectivity index (χ0) is 18.7. The second-order valence-electron chi connectivity index (χ2n) is 6.77. The van der Waals surface area contributed by atoms with Gasteiger partial charge in [-0.1, -0.05) is 19.1 Å². The van der Waals surface area contributed by atoms with Gasteiger partial charge >= 0.3 is 0 Å². The summed E-state index contributed by atoms with van der Waals surface area (Å²) < 4.78 is 24.5. The van der Waals surface area contributed by atoms with Gasteiger partial charge in [-0.25, -0.2) is 4.39 Å². The van der Waals surface area contributed by atoms with Crippen molar-refractivity contribution in [2.75, 3.05) is 20.8 Å². The summed E-state index contributed by atoms with van der Waals surface area (Å²) >= 11 is 0. The van der Waals surface area contributed by atoms with Crippen LogP contribution < -0.4 is 15.2 Å². The highest BCUT2D eigenvalue weighted by molar-refractivity contribution is 5.50. The van der Waals surface area contributed by atoms with E-state index in [4.69, 9.17) is 15.2 Å². The molecular weight excluding hydrogens is 331 g/mol. The molecule has 1 aliphatic rings. The Balaban J connectivity index is 1.98. The molecule has 1 aliphatic heterocycles. The van der Waals surface area contributed by atoms with Crippen molar-refractivity contribution >= 4 is 0 Å². The van der Waals surface area contributed by atoms with Gasteiger partial charge < -0.3 is 15.2 Å². The van der Waals surface area contributed by atoms with Gasteiger partial charge in [0.2, 0.25) is 0 Å². The smallest absolute Gasteiger partial charge is 0.161 e. The first-order chi connectivity index (χ1) is 12.6. The normalized spacial score (nSPS) is 18.3. The van der Waals surface area contributed by atoms with Gasteiger partial charge in [0.1, 0.15) is 5.82 Å². The van der Waals surface area contributed by atoms with Gasteiger partial charge in [0, 0.05) is 19.1 Å². The van der Waals surface area contributed by atoms with Gasteiger partial charge in [-0.15, -0.1) is 0 Å². The molecule has 26 heavy (non-hydrogen) atoms. The van der Waals surface area contributed by atoms with Crippen LogP contribution in [0.25, 0.3) is 0 Å². The molecule has 0 amide bonds. The number of nitrogens with zero attached hydrogens (tertiary/aromatic N) is 1. The predicted octanol–water partition coefficient (Wildman–Crippen LogP) is 3.68. The molecule has 0 unspecified atom stereocenters. The molecule has 4 nitrogen and oxygen atoms in total. The van der Waals surface area contributed by atoms with Crippen molar-refractivity contribution in [2.45, 2.75) is 38.4 Å². The summed E-state index contributed by atoms with van der Waals surface area (Å²) in [5, 5.41) is 0. The Labute approximate surface area is 154 Å². The molecule has 2 aromatic carbocycles. The molecule has 0 saturated carbocycles. The van der Waals surface area contributed by atoms with E-state index in [1.54, 1.807) is 26.4 Å². The van der Waals surface area contributed by atoms with Gasteiger partial charge in [0.05, 0.1) is 20.3 Å². The molecule has 0 spiro atoms. The van der Waals surface area contributed by atoms with E-state index in [-0.39, 0.29) is 17.9 Å². The van der Waals surface area contributed by atoms with Crippen LogP contribution in [0.2, 0.25) is 0 Å². The van der Waals surface area contributed by atoms with E-state index < -0.39 is 0 Å². The molecule has 0 aromatic heterocycles. The molecular formula is C21H27FN2O2. The Morgan fingerprint density at radius 2 is 1.92 bits per heavy atom. The van der Waals surface area contributed by atoms with Crippen LogP contribution in [-0.2, 0) is 13.0 Å². The van der Waals surface area contributed by atoms with Crippen LogP contribution in [0.5, 0.6) is 11.5 Å². The lowest BCUT2D eigenvalue weighted by molar-refractivity contribution is 0.148. The van der Waals surface area contributed by atoms with Crippen molar-refractivity contribution in [3.8, 4) is 11.5 Å². The van der Waals surface area contributed by atoms with Crippen molar-refractivity contribution < 1.29 is 13.9 Å². The SMILES string of the molecule is CC[C@@H](N)[C@H]1c2cc(OC)c(OC)cc2CCN1Cc1cccc(F)c1. The van der Waals surface area contributed by atoms with E-state index in [9.17, 15) is 4.39 Å². The Hall–Kier alpha value is -2.11. The lowest BCUT2D eigenvalue weighted by Crippen LogP contribution is -2.44. The lowest BCUT2D eigenvalue weighted by atomic mass is 9.86. The lowest BCUT2D eigenvalue weighted by Gasteiger charge is -2.40. The standard InChI is InChI=1S/C21H27FN2O2/c1-4-18(23)21-17-12-20(26-3)19(25-2)11-15(17)8-9-24(21)13-14-6-5-7-16(22)10-14/h5-7,10-12,18,21H,4,8-9,13,23H2,1-3H3/t18-,21-/m1/s1. The largest absolute Gasteiger partial charge is 0.493 e. The van der Waals surface area contributed by atoms with Crippen LogP contribution >= 0.6 is 0 Å². The highest BCUT2D eigenvalue weighted by atomic mass is 19.1. The highest BCUT2D eigenvalue weighted by Crippen LogP contribution is 2.40. The number of halogens is 1. The quantitative estimate of drug-likeness (QED) is 0.856. The number of hydrogen-bond donors (Lipinski definition) is 1. The summed E-state index contributed by atoms with van der Waals surface area (Å²) in [6, 6.07) is 10.9. The van der Waals surface area contributed by atoms with Gasteiger partial charge in [-0.05, 0) is 53.8 Å². The van der Waals surface area contributed by atoms with Crippen molar-refractivity contribution in [3.63, 3.8) is 0 Å². The Morgan fingerprint density at radius 1 is 1.19 bits per heavy atom. The zero-order valence-corrected chi connectivity index (χ0v) is 15.7. The van der Waals surface area contributed by atoms with E-state index in [1.165, 1.54) is 17.2 Å². The average Bonchev–Trinajstić information content (AvgIpc) is 2.66. The minimum Gasteiger partial charge on any atom is -0.493 e. The first-order valence-electron chi connectivity index (χ1n) is 9.06. The van der Waals surface area contributed by atoms with E-state index in [1.807, 2.05) is 12.1 Å². The molecule has 0 aliphatic carbocycles. The van der Waals surface area contributed by atoms with E-state index in [0.29, 0.717) is 12.3 Å². The fourth-order valence-corrected chi connectivity index (χ4v) is 3.80. The van der Waals surface area contributed by atoms with E-state index >= 15 is 0 Å².